The van der Waals surface area contributed by atoms with Crippen molar-refractivity contribution in [1.82, 2.24) is 0 Å². The predicted octanol–water partition coefficient (Wildman–Crippen LogP) is 1.35. The van der Waals surface area contributed by atoms with Crippen LogP contribution in [-0.4, -0.2) is 74.6 Å². The fraction of sp³-hybridized carbons (Fsp3) is 0.286. The van der Waals surface area contributed by atoms with E-state index in [-0.39, 0.29) is 41.4 Å². The van der Waals surface area contributed by atoms with Crippen LogP contribution in [0.25, 0.3) is 0 Å². The van der Waals surface area contributed by atoms with Crippen LogP contribution < -0.4 is 4.74 Å². The zero-order valence-corrected chi connectivity index (χ0v) is 20.2. The van der Waals surface area contributed by atoms with Gasteiger partial charge in [-0.3, -0.25) is 4.79 Å². The molecule has 10 heteroatoms. The third-order valence-electron chi connectivity index (χ3n) is 6.18. The van der Waals surface area contributed by atoms with E-state index in [0.29, 0.717) is 11.1 Å². The number of benzene rings is 3. The first-order valence-electron chi connectivity index (χ1n) is 11.9. The fourth-order valence-corrected chi connectivity index (χ4v) is 4.08. The number of carbonyl (C=O) groups excluding carboxylic acids is 2. The van der Waals surface area contributed by atoms with Crippen molar-refractivity contribution >= 4 is 11.8 Å². The molecule has 4 rings (SSSR count). The molecule has 5 N–H and O–H groups in total. The van der Waals surface area contributed by atoms with Gasteiger partial charge in [0.15, 0.2) is 5.78 Å². The largest absolute Gasteiger partial charge is 0.508 e. The number of esters is 1. The molecule has 3 aromatic carbocycles. The van der Waals surface area contributed by atoms with E-state index in [9.17, 15) is 35.1 Å². The lowest BCUT2D eigenvalue weighted by Crippen LogP contribution is -2.60. The molecule has 0 radical (unpaired) electrons. The molecule has 1 aliphatic rings. The summed E-state index contributed by atoms with van der Waals surface area (Å²) in [5, 5.41) is 49.6. The molecule has 3 aromatic rings. The number of phenols is 1. The number of hydrogen-bond acceptors (Lipinski definition) is 10. The molecule has 0 aliphatic carbocycles. The third kappa shape index (κ3) is 6.18. The Morgan fingerprint density at radius 3 is 2.29 bits per heavy atom. The molecule has 0 aromatic heterocycles. The third-order valence-corrected chi connectivity index (χ3v) is 6.18. The summed E-state index contributed by atoms with van der Waals surface area (Å²) in [7, 11) is 0. The van der Waals surface area contributed by atoms with Crippen LogP contribution in [0.1, 0.15) is 31.8 Å². The monoisotopic (exact) mass is 524 g/mol. The Morgan fingerprint density at radius 2 is 1.55 bits per heavy atom. The Kier molecular flexibility index (Phi) is 8.72. The van der Waals surface area contributed by atoms with Crippen molar-refractivity contribution in [3.05, 3.63) is 95.1 Å². The first-order chi connectivity index (χ1) is 18.3. The Hall–Kier alpha value is -3.80. The summed E-state index contributed by atoms with van der Waals surface area (Å²) in [6.07, 6.45) is -7.48. The Labute approximate surface area is 218 Å². The number of aliphatic hydroxyl groups excluding tert-OH is 4. The number of Topliss-reactive ketones (excluding diaryl/α,β-unsaturated/α-hetero) is 1. The summed E-state index contributed by atoms with van der Waals surface area (Å²) in [5.74, 6) is -0.948. The molecule has 0 spiro atoms. The zero-order chi connectivity index (χ0) is 27.2. The van der Waals surface area contributed by atoms with Gasteiger partial charge in [-0.05, 0) is 29.8 Å². The number of ketones is 1. The topological polar surface area (TPSA) is 163 Å². The van der Waals surface area contributed by atoms with Crippen molar-refractivity contribution in [1.29, 1.82) is 0 Å². The van der Waals surface area contributed by atoms with Crippen LogP contribution in [0.15, 0.2) is 72.8 Å². The van der Waals surface area contributed by atoms with E-state index in [4.69, 9.17) is 14.2 Å². The maximum Gasteiger partial charge on any atom is 0.338 e. The van der Waals surface area contributed by atoms with Gasteiger partial charge in [-0.25, -0.2) is 4.79 Å². The van der Waals surface area contributed by atoms with Gasteiger partial charge in [0.2, 0.25) is 6.29 Å². The number of rotatable bonds is 9. The standard InChI is InChI=1S/C28H28O10/c29-14-23-24(32)25(33)26(34)28(38-23)37-22-11-10-19(30)12-18(22)15-36-27(35)20-9-5-4-8-17(20)13-21(31)16-6-2-1-3-7-16/h1-12,23-26,28-30,32-34H,13-15H2. The summed E-state index contributed by atoms with van der Waals surface area (Å²) in [6, 6.07) is 19.2. The van der Waals surface area contributed by atoms with Gasteiger partial charge in [0.25, 0.3) is 0 Å². The molecule has 5 unspecified atom stereocenters. The van der Waals surface area contributed by atoms with Crippen molar-refractivity contribution in [3.8, 4) is 11.5 Å². The lowest BCUT2D eigenvalue weighted by atomic mass is 9.99. The highest BCUT2D eigenvalue weighted by atomic mass is 16.7. The summed E-state index contributed by atoms with van der Waals surface area (Å²) >= 11 is 0. The fourth-order valence-electron chi connectivity index (χ4n) is 4.08. The van der Waals surface area contributed by atoms with Gasteiger partial charge in [-0.1, -0.05) is 48.5 Å². The second-order valence-electron chi connectivity index (χ2n) is 8.81. The maximum atomic E-state index is 13.0. The van der Waals surface area contributed by atoms with E-state index in [1.807, 2.05) is 0 Å². The molecule has 10 nitrogen and oxygen atoms in total. The summed E-state index contributed by atoms with van der Waals surface area (Å²) < 4.78 is 16.5. The Bertz CT molecular complexity index is 1260. The SMILES string of the molecule is O=C(Cc1ccccc1C(=O)OCc1cc(O)ccc1OC1OC(CO)C(O)C(O)C1O)c1ccccc1. The highest BCUT2D eigenvalue weighted by Crippen LogP contribution is 2.29. The van der Waals surface area contributed by atoms with Crippen molar-refractivity contribution in [2.75, 3.05) is 6.61 Å². The lowest BCUT2D eigenvalue weighted by Gasteiger charge is -2.39. The van der Waals surface area contributed by atoms with Gasteiger partial charge in [0, 0.05) is 17.5 Å². The van der Waals surface area contributed by atoms with Crippen LogP contribution >= 0.6 is 0 Å². The lowest BCUT2D eigenvalue weighted by molar-refractivity contribution is -0.277. The molecule has 0 amide bonds. The molecule has 1 heterocycles. The maximum absolute atomic E-state index is 13.0. The summed E-state index contributed by atoms with van der Waals surface area (Å²) in [5.41, 5.74) is 1.42. The van der Waals surface area contributed by atoms with E-state index >= 15 is 0 Å². The number of hydrogen-bond donors (Lipinski definition) is 5. The second kappa shape index (κ2) is 12.2. The minimum absolute atomic E-state index is 0.00706. The van der Waals surface area contributed by atoms with Gasteiger partial charge in [0.1, 0.15) is 42.5 Å². The van der Waals surface area contributed by atoms with Gasteiger partial charge < -0.3 is 39.7 Å². The zero-order valence-electron chi connectivity index (χ0n) is 20.2. The van der Waals surface area contributed by atoms with E-state index in [1.165, 1.54) is 18.2 Å². The highest BCUT2D eigenvalue weighted by Gasteiger charge is 2.44. The van der Waals surface area contributed by atoms with Crippen LogP contribution in [0, 0.1) is 0 Å². The average molecular weight is 525 g/mol. The van der Waals surface area contributed by atoms with Crippen molar-refractivity contribution in [2.45, 2.75) is 43.7 Å². The van der Waals surface area contributed by atoms with Crippen LogP contribution in [0.4, 0.5) is 0 Å². The number of carbonyl (C=O) groups is 2. The Balaban J connectivity index is 1.48. The van der Waals surface area contributed by atoms with Crippen LogP contribution in [0.2, 0.25) is 0 Å². The first kappa shape index (κ1) is 27.2. The van der Waals surface area contributed by atoms with Gasteiger partial charge in [-0.15, -0.1) is 0 Å². The average Bonchev–Trinajstić information content (AvgIpc) is 2.93. The highest BCUT2D eigenvalue weighted by molar-refractivity contribution is 6.00. The molecule has 5 atom stereocenters. The smallest absolute Gasteiger partial charge is 0.338 e. The summed E-state index contributed by atoms with van der Waals surface area (Å²) in [4.78, 5) is 25.6. The minimum Gasteiger partial charge on any atom is -0.508 e. The van der Waals surface area contributed by atoms with Crippen LogP contribution in [0.5, 0.6) is 11.5 Å². The first-order valence-corrected chi connectivity index (χ1v) is 11.9. The van der Waals surface area contributed by atoms with E-state index in [1.54, 1.807) is 54.6 Å². The quantitative estimate of drug-likeness (QED) is 0.204. The number of phenolic OH excluding ortho intramolecular Hbond substituents is 1. The normalized spacial score (nSPS) is 23.0. The molecule has 0 bridgehead atoms. The van der Waals surface area contributed by atoms with Crippen LogP contribution in [-0.2, 0) is 22.5 Å². The molecule has 38 heavy (non-hydrogen) atoms. The second-order valence-corrected chi connectivity index (χ2v) is 8.81. The predicted molar refractivity (Wildman–Crippen MR) is 133 cm³/mol. The van der Waals surface area contributed by atoms with Gasteiger partial charge in [0.05, 0.1) is 12.2 Å². The van der Waals surface area contributed by atoms with E-state index in [0.717, 1.165) is 0 Å². The summed E-state index contributed by atoms with van der Waals surface area (Å²) in [6.45, 7) is -0.974. The Morgan fingerprint density at radius 1 is 0.842 bits per heavy atom. The number of ether oxygens (including phenoxy) is 3. The molecule has 1 aliphatic heterocycles. The molecular weight excluding hydrogens is 496 g/mol. The number of aliphatic hydroxyl groups is 4. The van der Waals surface area contributed by atoms with Gasteiger partial charge in [-0.2, -0.15) is 0 Å². The van der Waals surface area contributed by atoms with Crippen molar-refractivity contribution in [3.63, 3.8) is 0 Å². The van der Waals surface area contributed by atoms with E-state index in [2.05, 4.69) is 0 Å². The molecule has 0 saturated carbocycles. The van der Waals surface area contributed by atoms with Crippen molar-refractivity contribution < 1.29 is 49.3 Å². The van der Waals surface area contributed by atoms with Crippen molar-refractivity contribution in [2.24, 2.45) is 0 Å². The minimum atomic E-state index is -1.65. The van der Waals surface area contributed by atoms with E-state index < -0.39 is 43.3 Å². The van der Waals surface area contributed by atoms with Gasteiger partial charge >= 0.3 is 5.97 Å². The molecule has 1 fully saturated rings. The molecular formula is C28H28O10. The molecule has 1 saturated heterocycles. The number of aromatic hydroxyl groups is 1. The molecule has 200 valence electrons. The van der Waals surface area contributed by atoms with Crippen LogP contribution in [0.3, 0.4) is 0 Å².